The molecule has 0 amide bonds. The van der Waals surface area contributed by atoms with Crippen LogP contribution in [0.2, 0.25) is 0 Å². The molecule has 0 radical (unpaired) electrons. The van der Waals surface area contributed by atoms with Crippen LogP contribution in [-0.4, -0.2) is 16.1 Å². The average molecular weight is 225 g/mol. The molecule has 0 aliphatic rings. The first-order valence-corrected chi connectivity index (χ1v) is 5.17. The van der Waals surface area contributed by atoms with Gasteiger partial charge < -0.3 is 5.11 Å². The Hall–Kier alpha value is -2.42. The molecule has 1 aromatic carbocycles. The molecule has 0 fully saturated rings. The summed E-state index contributed by atoms with van der Waals surface area (Å²) in [6, 6.07) is 11.4. The monoisotopic (exact) mass is 225 g/mol. The summed E-state index contributed by atoms with van der Waals surface area (Å²) < 4.78 is 0. The molecule has 2 rings (SSSR count). The molecule has 0 spiro atoms. The van der Waals surface area contributed by atoms with E-state index in [0.29, 0.717) is 0 Å². The van der Waals surface area contributed by atoms with Crippen LogP contribution in [-0.2, 0) is 0 Å². The molecule has 1 heterocycles. The van der Waals surface area contributed by atoms with Crippen LogP contribution in [0.4, 0.5) is 0 Å². The van der Waals surface area contributed by atoms with Crippen LogP contribution in [0.5, 0.6) is 0 Å². The Bertz CT molecular complexity index is 547. The second-order valence-corrected chi connectivity index (χ2v) is 3.56. The van der Waals surface area contributed by atoms with Crippen LogP contribution in [0.15, 0.2) is 48.8 Å². The van der Waals surface area contributed by atoms with Crippen molar-refractivity contribution in [2.24, 2.45) is 0 Å². The molecule has 0 saturated carbocycles. The van der Waals surface area contributed by atoms with E-state index in [1.165, 1.54) is 6.20 Å². The van der Waals surface area contributed by atoms with Gasteiger partial charge in [-0.2, -0.15) is 0 Å². The van der Waals surface area contributed by atoms with E-state index in [-0.39, 0.29) is 5.56 Å². The highest BCUT2D eigenvalue weighted by Crippen LogP contribution is 2.08. The Morgan fingerprint density at radius 1 is 1.06 bits per heavy atom. The van der Waals surface area contributed by atoms with Crippen molar-refractivity contribution in [2.75, 3.05) is 0 Å². The minimum Gasteiger partial charge on any atom is -0.478 e. The van der Waals surface area contributed by atoms with Gasteiger partial charge in [0.05, 0.1) is 5.56 Å². The van der Waals surface area contributed by atoms with Gasteiger partial charge in [0.25, 0.3) is 0 Å². The molecule has 2 aromatic rings. The van der Waals surface area contributed by atoms with Gasteiger partial charge >= 0.3 is 5.97 Å². The summed E-state index contributed by atoms with van der Waals surface area (Å²) in [6.07, 6.45) is 6.73. The first-order valence-electron chi connectivity index (χ1n) is 5.17. The number of pyridine rings is 1. The van der Waals surface area contributed by atoms with Gasteiger partial charge in [-0.25, -0.2) is 4.79 Å². The predicted octanol–water partition coefficient (Wildman–Crippen LogP) is 2.95. The van der Waals surface area contributed by atoms with Crippen LogP contribution in [0.3, 0.4) is 0 Å². The summed E-state index contributed by atoms with van der Waals surface area (Å²) in [5.41, 5.74) is 2.03. The summed E-state index contributed by atoms with van der Waals surface area (Å²) >= 11 is 0. The summed E-state index contributed by atoms with van der Waals surface area (Å²) in [5.74, 6) is -0.965. The average Bonchev–Trinajstić information content (AvgIpc) is 2.38. The van der Waals surface area contributed by atoms with Crippen LogP contribution in [0, 0.1) is 0 Å². The molecule has 3 nitrogen and oxygen atoms in total. The second-order valence-electron chi connectivity index (χ2n) is 3.56. The minimum absolute atomic E-state index is 0.195. The number of hydrogen-bond donors (Lipinski definition) is 1. The van der Waals surface area contributed by atoms with E-state index in [1.807, 2.05) is 42.5 Å². The number of benzene rings is 1. The largest absolute Gasteiger partial charge is 0.478 e. The molecule has 17 heavy (non-hydrogen) atoms. The minimum atomic E-state index is -0.965. The van der Waals surface area contributed by atoms with Gasteiger partial charge in [0, 0.05) is 12.4 Å². The molecule has 0 aliphatic carbocycles. The smallest absolute Gasteiger partial charge is 0.337 e. The van der Waals surface area contributed by atoms with Crippen LogP contribution in [0.25, 0.3) is 12.2 Å². The lowest BCUT2D eigenvalue weighted by atomic mass is 10.1. The van der Waals surface area contributed by atoms with Gasteiger partial charge in [-0.05, 0) is 17.2 Å². The number of rotatable bonds is 3. The van der Waals surface area contributed by atoms with Gasteiger partial charge in [0.1, 0.15) is 0 Å². The quantitative estimate of drug-likeness (QED) is 0.873. The zero-order valence-corrected chi connectivity index (χ0v) is 9.08. The first-order chi connectivity index (χ1) is 8.25. The normalized spacial score (nSPS) is 10.6. The maximum Gasteiger partial charge on any atom is 0.337 e. The first kappa shape index (κ1) is 11.1. The van der Waals surface area contributed by atoms with Crippen molar-refractivity contribution in [1.29, 1.82) is 0 Å². The molecule has 0 bridgehead atoms. The maximum atomic E-state index is 10.8. The highest BCUT2D eigenvalue weighted by atomic mass is 16.4. The number of nitrogens with zero attached hydrogens (tertiary/aromatic N) is 1. The lowest BCUT2D eigenvalue weighted by molar-refractivity contribution is 0.0696. The van der Waals surface area contributed by atoms with E-state index in [0.717, 1.165) is 11.1 Å². The Morgan fingerprint density at radius 3 is 2.47 bits per heavy atom. The van der Waals surface area contributed by atoms with E-state index in [1.54, 1.807) is 12.3 Å². The van der Waals surface area contributed by atoms with Crippen molar-refractivity contribution in [3.8, 4) is 0 Å². The van der Waals surface area contributed by atoms with Gasteiger partial charge in [-0.1, -0.05) is 42.5 Å². The third-order valence-corrected chi connectivity index (χ3v) is 2.27. The van der Waals surface area contributed by atoms with E-state index in [9.17, 15) is 4.79 Å². The molecule has 0 atom stereocenters. The SMILES string of the molecule is O=C(O)c1cncc(C=Cc2ccccc2)c1. The number of carboxylic acids is 1. The summed E-state index contributed by atoms with van der Waals surface area (Å²) in [7, 11) is 0. The third kappa shape index (κ3) is 3.01. The molecular formula is C14H11NO2. The number of hydrogen-bond acceptors (Lipinski definition) is 2. The molecule has 1 N–H and O–H groups in total. The topological polar surface area (TPSA) is 50.2 Å². The van der Waals surface area contributed by atoms with E-state index in [2.05, 4.69) is 4.98 Å². The standard InChI is InChI=1S/C14H11NO2/c16-14(17)13-8-12(9-15-10-13)7-6-11-4-2-1-3-5-11/h1-10H,(H,16,17). The lowest BCUT2D eigenvalue weighted by Gasteiger charge is -1.96. The molecule has 0 saturated heterocycles. The lowest BCUT2D eigenvalue weighted by Crippen LogP contribution is -1.96. The summed E-state index contributed by atoms with van der Waals surface area (Å²) in [5, 5.41) is 8.83. The Kier molecular flexibility index (Phi) is 3.31. The highest BCUT2D eigenvalue weighted by Gasteiger charge is 2.01. The van der Waals surface area contributed by atoms with Crippen molar-refractivity contribution in [2.45, 2.75) is 0 Å². The van der Waals surface area contributed by atoms with E-state index < -0.39 is 5.97 Å². The molecular weight excluding hydrogens is 214 g/mol. The Balaban J connectivity index is 2.22. The van der Waals surface area contributed by atoms with Crippen LogP contribution >= 0.6 is 0 Å². The highest BCUT2D eigenvalue weighted by molar-refractivity contribution is 5.88. The number of aromatic carboxylic acids is 1. The van der Waals surface area contributed by atoms with Gasteiger partial charge in [0.2, 0.25) is 0 Å². The number of aromatic nitrogens is 1. The van der Waals surface area contributed by atoms with Crippen molar-refractivity contribution >= 4 is 18.1 Å². The Labute approximate surface area is 99.1 Å². The second kappa shape index (κ2) is 5.07. The predicted molar refractivity (Wildman–Crippen MR) is 66.6 cm³/mol. The van der Waals surface area contributed by atoms with Gasteiger partial charge in [0.15, 0.2) is 0 Å². The molecule has 0 unspecified atom stereocenters. The van der Waals surface area contributed by atoms with Crippen molar-refractivity contribution in [3.63, 3.8) is 0 Å². The molecule has 3 heteroatoms. The summed E-state index contributed by atoms with van der Waals surface area (Å²) in [4.78, 5) is 14.6. The van der Waals surface area contributed by atoms with Gasteiger partial charge in [-0.3, -0.25) is 4.98 Å². The summed E-state index contributed by atoms with van der Waals surface area (Å²) in [6.45, 7) is 0. The maximum absolute atomic E-state index is 10.8. The van der Waals surface area contributed by atoms with Crippen molar-refractivity contribution < 1.29 is 9.90 Å². The van der Waals surface area contributed by atoms with Crippen molar-refractivity contribution in [1.82, 2.24) is 4.98 Å². The van der Waals surface area contributed by atoms with Crippen LogP contribution in [0.1, 0.15) is 21.5 Å². The fraction of sp³-hybridized carbons (Fsp3) is 0. The van der Waals surface area contributed by atoms with Crippen molar-refractivity contribution in [3.05, 3.63) is 65.5 Å². The van der Waals surface area contributed by atoms with Crippen LogP contribution < -0.4 is 0 Å². The fourth-order valence-electron chi connectivity index (χ4n) is 1.42. The molecule has 0 aliphatic heterocycles. The molecule has 84 valence electrons. The number of carboxylic acid groups (broad SMARTS) is 1. The number of carbonyl (C=O) groups is 1. The van der Waals surface area contributed by atoms with E-state index >= 15 is 0 Å². The zero-order valence-electron chi connectivity index (χ0n) is 9.08. The zero-order chi connectivity index (χ0) is 12.1. The van der Waals surface area contributed by atoms with Gasteiger partial charge in [-0.15, -0.1) is 0 Å². The van der Waals surface area contributed by atoms with E-state index in [4.69, 9.17) is 5.11 Å². The molecule has 1 aromatic heterocycles. The Morgan fingerprint density at radius 2 is 1.76 bits per heavy atom. The third-order valence-electron chi connectivity index (χ3n) is 2.27. The fourth-order valence-corrected chi connectivity index (χ4v) is 1.42.